The molecule has 1 aliphatic rings. The number of esters is 1. The van der Waals surface area contributed by atoms with Crippen LogP contribution >= 0.6 is 0 Å². The number of nitrogens with one attached hydrogen (secondary N) is 2. The minimum Gasteiger partial charge on any atom is -0.462 e. The van der Waals surface area contributed by atoms with E-state index in [1.807, 2.05) is 30.3 Å². The van der Waals surface area contributed by atoms with Crippen LogP contribution in [-0.2, 0) is 19.6 Å². The van der Waals surface area contributed by atoms with Gasteiger partial charge in [-0.15, -0.1) is 0 Å². The van der Waals surface area contributed by atoms with E-state index in [4.69, 9.17) is 4.74 Å². The second-order valence-corrected chi connectivity index (χ2v) is 9.06. The fourth-order valence-corrected chi connectivity index (χ4v) is 5.29. The van der Waals surface area contributed by atoms with Crippen molar-refractivity contribution in [3.8, 4) is 0 Å². The molecule has 0 radical (unpaired) electrons. The van der Waals surface area contributed by atoms with E-state index in [1.165, 1.54) is 5.56 Å². The third-order valence-electron chi connectivity index (χ3n) is 5.29. The second kappa shape index (κ2) is 9.01. The molecule has 1 aromatic heterocycles. The van der Waals surface area contributed by atoms with E-state index in [-0.39, 0.29) is 35.4 Å². The first kappa shape index (κ1) is 22.0. The van der Waals surface area contributed by atoms with Crippen molar-refractivity contribution in [3.05, 3.63) is 52.8 Å². The van der Waals surface area contributed by atoms with Crippen molar-refractivity contribution in [2.75, 3.05) is 26.2 Å². The molecule has 1 amide bonds. The Morgan fingerprint density at radius 1 is 1.20 bits per heavy atom. The monoisotopic (exact) mass is 433 g/mol. The van der Waals surface area contributed by atoms with Gasteiger partial charge in [-0.3, -0.25) is 4.79 Å². The molecular formula is C21H27N3O5S. The van der Waals surface area contributed by atoms with Crippen LogP contribution in [0, 0.1) is 13.8 Å². The number of carbonyl (C=O) groups excluding carboxylic acids is 2. The van der Waals surface area contributed by atoms with Gasteiger partial charge in [0.1, 0.15) is 10.5 Å². The lowest BCUT2D eigenvalue weighted by Gasteiger charge is -2.17. The van der Waals surface area contributed by atoms with Gasteiger partial charge in [-0.2, -0.15) is 0 Å². The molecule has 0 unspecified atom stereocenters. The van der Waals surface area contributed by atoms with E-state index in [2.05, 4.69) is 9.71 Å². The van der Waals surface area contributed by atoms with E-state index in [9.17, 15) is 18.0 Å². The number of sulfonamides is 1. The fraction of sp³-hybridized carbons (Fsp3) is 0.429. The van der Waals surface area contributed by atoms with Gasteiger partial charge >= 0.3 is 5.97 Å². The molecule has 0 bridgehead atoms. The maximum atomic E-state index is 12.9. The Labute approximate surface area is 176 Å². The minimum atomic E-state index is -4.08. The molecule has 1 saturated heterocycles. The van der Waals surface area contributed by atoms with Crippen molar-refractivity contribution < 1.29 is 22.7 Å². The van der Waals surface area contributed by atoms with Crippen LogP contribution in [0.4, 0.5) is 0 Å². The largest absolute Gasteiger partial charge is 0.462 e. The number of benzene rings is 1. The number of H-pyrrole nitrogens is 1. The van der Waals surface area contributed by atoms with Crippen LogP contribution in [0.15, 0.2) is 35.2 Å². The molecule has 1 aromatic carbocycles. The molecule has 1 fully saturated rings. The molecular weight excluding hydrogens is 406 g/mol. The lowest BCUT2D eigenvalue weighted by Crippen LogP contribution is -2.39. The normalized spacial score (nSPS) is 16.6. The Morgan fingerprint density at radius 2 is 1.90 bits per heavy atom. The summed E-state index contributed by atoms with van der Waals surface area (Å²) in [5, 5.41) is 0. The number of amides is 1. The smallest absolute Gasteiger partial charge is 0.341 e. The summed E-state index contributed by atoms with van der Waals surface area (Å²) in [5.74, 6) is -0.757. The van der Waals surface area contributed by atoms with Crippen molar-refractivity contribution in [1.29, 1.82) is 0 Å². The highest BCUT2D eigenvalue weighted by molar-refractivity contribution is 7.89. The minimum absolute atomic E-state index is 0.0281. The van der Waals surface area contributed by atoms with Gasteiger partial charge in [0.15, 0.2) is 0 Å². The Bertz CT molecular complexity index is 1030. The second-order valence-electron chi connectivity index (χ2n) is 7.36. The van der Waals surface area contributed by atoms with Gasteiger partial charge in [0.2, 0.25) is 15.9 Å². The summed E-state index contributed by atoms with van der Waals surface area (Å²) in [6, 6.07) is 9.96. The van der Waals surface area contributed by atoms with Gasteiger partial charge in [-0.1, -0.05) is 30.3 Å². The standard InChI is InChI=1S/C21H27N3O5S/c1-4-29-21(26)19-14(2)23-15(3)20(19)30(27,28)22-12-18(25)24-11-10-17(13-24)16-8-6-5-7-9-16/h5-9,17,22-23H,4,10-13H2,1-3H3/t17-/m1/s1. The average molecular weight is 434 g/mol. The highest BCUT2D eigenvalue weighted by Crippen LogP contribution is 2.27. The number of nitrogens with zero attached hydrogens (tertiary/aromatic N) is 1. The van der Waals surface area contributed by atoms with Gasteiger partial charge < -0.3 is 14.6 Å². The Morgan fingerprint density at radius 3 is 2.57 bits per heavy atom. The summed E-state index contributed by atoms with van der Waals surface area (Å²) in [5.41, 5.74) is 1.87. The molecule has 2 aromatic rings. The van der Waals surface area contributed by atoms with Crippen molar-refractivity contribution in [3.63, 3.8) is 0 Å². The maximum absolute atomic E-state index is 12.9. The predicted molar refractivity (Wildman–Crippen MR) is 112 cm³/mol. The number of hydrogen-bond acceptors (Lipinski definition) is 5. The topological polar surface area (TPSA) is 109 Å². The number of hydrogen-bond donors (Lipinski definition) is 2. The van der Waals surface area contributed by atoms with Crippen LogP contribution < -0.4 is 4.72 Å². The van der Waals surface area contributed by atoms with Crippen molar-refractivity contribution in [2.45, 2.75) is 38.0 Å². The average Bonchev–Trinajstić information content (AvgIpc) is 3.32. The maximum Gasteiger partial charge on any atom is 0.341 e. The molecule has 2 heterocycles. The predicted octanol–water partition coefficient (Wildman–Crippen LogP) is 2.10. The summed E-state index contributed by atoms with van der Waals surface area (Å²) < 4.78 is 33.1. The van der Waals surface area contributed by atoms with Crippen molar-refractivity contribution >= 4 is 21.9 Å². The first-order valence-electron chi connectivity index (χ1n) is 9.93. The lowest BCUT2D eigenvalue weighted by molar-refractivity contribution is -0.128. The molecule has 2 N–H and O–H groups in total. The number of ether oxygens (including phenoxy) is 1. The number of rotatable bonds is 7. The van der Waals surface area contributed by atoms with E-state index >= 15 is 0 Å². The zero-order valence-corrected chi connectivity index (χ0v) is 18.2. The zero-order valence-electron chi connectivity index (χ0n) is 17.4. The van der Waals surface area contributed by atoms with Gasteiger partial charge in [0.25, 0.3) is 0 Å². The van der Waals surface area contributed by atoms with Crippen molar-refractivity contribution in [2.24, 2.45) is 0 Å². The molecule has 8 nitrogen and oxygen atoms in total. The highest BCUT2D eigenvalue weighted by Gasteiger charge is 2.32. The summed E-state index contributed by atoms with van der Waals surface area (Å²) >= 11 is 0. The summed E-state index contributed by atoms with van der Waals surface area (Å²) in [4.78, 5) is 29.2. The van der Waals surface area contributed by atoms with Crippen LogP contribution in [0.3, 0.4) is 0 Å². The van der Waals surface area contributed by atoms with Crippen LogP contribution in [0.2, 0.25) is 0 Å². The molecule has 0 saturated carbocycles. The first-order chi connectivity index (χ1) is 14.2. The number of aromatic nitrogens is 1. The van der Waals surface area contributed by atoms with Gasteiger partial charge in [0.05, 0.1) is 13.2 Å². The number of aromatic amines is 1. The van der Waals surface area contributed by atoms with Crippen molar-refractivity contribution in [1.82, 2.24) is 14.6 Å². The fourth-order valence-electron chi connectivity index (χ4n) is 3.87. The summed E-state index contributed by atoms with van der Waals surface area (Å²) in [6.07, 6.45) is 0.839. The Hall–Kier alpha value is -2.65. The third-order valence-corrected chi connectivity index (χ3v) is 6.86. The lowest BCUT2D eigenvalue weighted by atomic mass is 9.99. The Kier molecular flexibility index (Phi) is 6.62. The number of aryl methyl sites for hydroxylation is 2. The SMILES string of the molecule is CCOC(=O)c1c(C)[nH]c(C)c1S(=O)(=O)NCC(=O)N1CC[C@@H](c2ccccc2)C1. The molecule has 162 valence electrons. The van der Waals surface area contributed by atoms with Gasteiger partial charge in [-0.05, 0) is 32.8 Å². The molecule has 0 spiro atoms. The molecule has 3 rings (SSSR count). The summed E-state index contributed by atoms with van der Waals surface area (Å²) in [7, 11) is -4.08. The zero-order chi connectivity index (χ0) is 21.9. The van der Waals surface area contributed by atoms with E-state index < -0.39 is 16.0 Å². The van der Waals surface area contributed by atoms with Crippen LogP contribution in [0.25, 0.3) is 0 Å². The molecule has 1 aliphatic heterocycles. The molecule has 30 heavy (non-hydrogen) atoms. The number of carbonyl (C=O) groups is 2. The third kappa shape index (κ3) is 4.57. The molecule has 0 aliphatic carbocycles. The quantitative estimate of drug-likeness (QED) is 0.650. The first-order valence-corrected chi connectivity index (χ1v) is 11.4. The van der Waals surface area contributed by atoms with Crippen LogP contribution in [0.5, 0.6) is 0 Å². The molecule has 9 heteroatoms. The van der Waals surface area contributed by atoms with Crippen LogP contribution in [-0.4, -0.2) is 56.4 Å². The molecule has 1 atom stereocenters. The van der Waals surface area contributed by atoms with E-state index in [1.54, 1.807) is 25.7 Å². The van der Waals surface area contributed by atoms with Gasteiger partial charge in [-0.25, -0.2) is 17.9 Å². The van der Waals surface area contributed by atoms with E-state index in [0.717, 1.165) is 6.42 Å². The van der Waals surface area contributed by atoms with E-state index in [0.29, 0.717) is 24.5 Å². The Balaban J connectivity index is 1.69. The number of likely N-dealkylation sites (tertiary alicyclic amines) is 1. The van der Waals surface area contributed by atoms with Crippen LogP contribution in [0.1, 0.15) is 46.6 Å². The summed E-state index contributed by atoms with van der Waals surface area (Å²) in [6.45, 7) is 5.73. The highest BCUT2D eigenvalue weighted by atomic mass is 32.2. The van der Waals surface area contributed by atoms with Gasteiger partial charge in [0, 0.05) is 30.4 Å².